The lowest BCUT2D eigenvalue weighted by Gasteiger charge is -2.23. The summed E-state index contributed by atoms with van der Waals surface area (Å²) in [6.45, 7) is 2.19. The van der Waals surface area contributed by atoms with Crippen molar-refractivity contribution < 1.29 is 24.2 Å². The van der Waals surface area contributed by atoms with Crippen molar-refractivity contribution in [1.29, 1.82) is 0 Å². The fourth-order valence-electron chi connectivity index (χ4n) is 5.22. The SMILES string of the molecule is CC1C(C(=O)O)CCN1C(=O)c1c(NC(=O)OCC2c3ccccc3-c3ccccc32)cnn1C. The van der Waals surface area contributed by atoms with E-state index in [1.807, 2.05) is 36.4 Å². The third-order valence-electron chi connectivity index (χ3n) is 7.05. The topological polar surface area (TPSA) is 114 Å². The van der Waals surface area contributed by atoms with E-state index < -0.39 is 24.0 Å². The van der Waals surface area contributed by atoms with E-state index in [0.717, 1.165) is 22.3 Å². The molecule has 0 saturated carbocycles. The molecule has 0 radical (unpaired) electrons. The maximum atomic E-state index is 13.2. The van der Waals surface area contributed by atoms with Crippen LogP contribution in [0.4, 0.5) is 10.5 Å². The molecule has 2 aliphatic rings. The van der Waals surface area contributed by atoms with Crippen LogP contribution in [0, 0.1) is 5.92 Å². The number of amides is 2. The van der Waals surface area contributed by atoms with Crippen LogP contribution in [0.5, 0.6) is 0 Å². The number of anilines is 1. The zero-order valence-electron chi connectivity index (χ0n) is 19.5. The Morgan fingerprint density at radius 3 is 2.31 bits per heavy atom. The number of carbonyl (C=O) groups excluding carboxylic acids is 2. The quantitative estimate of drug-likeness (QED) is 0.583. The Bertz CT molecular complexity index is 1270. The third-order valence-corrected chi connectivity index (χ3v) is 7.05. The number of carbonyl (C=O) groups is 3. The fraction of sp³-hybridized carbons (Fsp3) is 0.308. The van der Waals surface area contributed by atoms with Gasteiger partial charge in [0.25, 0.3) is 5.91 Å². The van der Waals surface area contributed by atoms with Crippen LogP contribution >= 0.6 is 0 Å². The molecule has 2 N–H and O–H groups in total. The second-order valence-electron chi connectivity index (χ2n) is 8.95. The Morgan fingerprint density at radius 1 is 1.09 bits per heavy atom. The first-order valence-corrected chi connectivity index (χ1v) is 11.5. The summed E-state index contributed by atoms with van der Waals surface area (Å²) in [5.41, 5.74) is 4.88. The van der Waals surface area contributed by atoms with Crippen molar-refractivity contribution in [3.8, 4) is 11.1 Å². The van der Waals surface area contributed by atoms with Gasteiger partial charge >= 0.3 is 12.1 Å². The molecule has 2 amide bonds. The molecule has 1 aliphatic heterocycles. The van der Waals surface area contributed by atoms with E-state index in [9.17, 15) is 19.5 Å². The molecule has 180 valence electrons. The Morgan fingerprint density at radius 2 is 1.71 bits per heavy atom. The number of nitrogens with zero attached hydrogens (tertiary/aromatic N) is 3. The molecule has 5 rings (SSSR count). The van der Waals surface area contributed by atoms with E-state index in [4.69, 9.17) is 4.74 Å². The fourth-order valence-corrected chi connectivity index (χ4v) is 5.22. The first-order valence-electron chi connectivity index (χ1n) is 11.5. The van der Waals surface area contributed by atoms with Crippen LogP contribution < -0.4 is 5.32 Å². The van der Waals surface area contributed by atoms with Crippen molar-refractivity contribution in [2.24, 2.45) is 13.0 Å². The highest BCUT2D eigenvalue weighted by atomic mass is 16.5. The lowest BCUT2D eigenvalue weighted by atomic mass is 9.98. The molecule has 9 heteroatoms. The number of likely N-dealkylation sites (tertiary alicyclic amines) is 1. The van der Waals surface area contributed by atoms with Crippen molar-refractivity contribution in [3.63, 3.8) is 0 Å². The second kappa shape index (κ2) is 8.90. The van der Waals surface area contributed by atoms with Gasteiger partial charge in [-0.05, 0) is 35.6 Å². The molecular weight excluding hydrogens is 448 g/mol. The molecule has 2 atom stereocenters. The van der Waals surface area contributed by atoms with Gasteiger partial charge in [0.15, 0.2) is 0 Å². The van der Waals surface area contributed by atoms with Crippen LogP contribution in [0.25, 0.3) is 11.1 Å². The van der Waals surface area contributed by atoms with Crippen LogP contribution in [-0.2, 0) is 16.6 Å². The summed E-state index contributed by atoms with van der Waals surface area (Å²) in [4.78, 5) is 38.9. The number of aryl methyl sites for hydroxylation is 1. The van der Waals surface area contributed by atoms with Gasteiger partial charge < -0.3 is 14.7 Å². The molecule has 1 aromatic heterocycles. The number of fused-ring (bicyclic) bond motifs is 3. The van der Waals surface area contributed by atoms with E-state index in [0.29, 0.717) is 13.0 Å². The minimum absolute atomic E-state index is 0.0819. The molecule has 1 saturated heterocycles. The van der Waals surface area contributed by atoms with Gasteiger partial charge in [-0.2, -0.15) is 5.10 Å². The zero-order valence-corrected chi connectivity index (χ0v) is 19.5. The molecule has 1 aliphatic carbocycles. The maximum absolute atomic E-state index is 13.2. The highest BCUT2D eigenvalue weighted by Gasteiger charge is 2.40. The first-order chi connectivity index (χ1) is 16.9. The largest absolute Gasteiger partial charge is 0.481 e. The minimum Gasteiger partial charge on any atom is -0.481 e. The van der Waals surface area contributed by atoms with Gasteiger partial charge in [-0.1, -0.05) is 48.5 Å². The predicted octanol–water partition coefficient (Wildman–Crippen LogP) is 3.72. The number of carboxylic acids is 1. The summed E-state index contributed by atoms with van der Waals surface area (Å²) >= 11 is 0. The van der Waals surface area contributed by atoms with E-state index in [1.54, 1.807) is 14.0 Å². The smallest absolute Gasteiger partial charge is 0.411 e. The van der Waals surface area contributed by atoms with Gasteiger partial charge in [-0.15, -0.1) is 0 Å². The normalized spacial score (nSPS) is 18.7. The number of hydrogen-bond donors (Lipinski definition) is 2. The van der Waals surface area contributed by atoms with Gasteiger partial charge in [0.2, 0.25) is 0 Å². The van der Waals surface area contributed by atoms with Crippen LogP contribution in [0.3, 0.4) is 0 Å². The van der Waals surface area contributed by atoms with Crippen molar-refractivity contribution in [3.05, 3.63) is 71.5 Å². The number of hydrogen-bond acceptors (Lipinski definition) is 5. The number of nitrogens with one attached hydrogen (secondary N) is 1. The van der Waals surface area contributed by atoms with Gasteiger partial charge in [-0.3, -0.25) is 19.6 Å². The summed E-state index contributed by atoms with van der Waals surface area (Å²) in [7, 11) is 1.60. The third kappa shape index (κ3) is 3.92. The molecule has 9 nitrogen and oxygen atoms in total. The lowest BCUT2D eigenvalue weighted by Crippen LogP contribution is -2.39. The number of benzene rings is 2. The zero-order chi connectivity index (χ0) is 24.7. The Labute approximate surface area is 202 Å². The average Bonchev–Trinajstić information content (AvgIpc) is 3.51. The first kappa shape index (κ1) is 22.6. The van der Waals surface area contributed by atoms with E-state index in [1.165, 1.54) is 15.8 Å². The van der Waals surface area contributed by atoms with Gasteiger partial charge in [0.1, 0.15) is 12.3 Å². The average molecular weight is 475 g/mol. The number of ether oxygens (including phenoxy) is 1. The number of rotatable bonds is 5. The van der Waals surface area contributed by atoms with Crippen molar-refractivity contribution in [2.75, 3.05) is 18.5 Å². The molecule has 2 heterocycles. The molecule has 3 aromatic rings. The van der Waals surface area contributed by atoms with Crippen LogP contribution in [-0.4, -0.2) is 57.0 Å². The summed E-state index contributed by atoms with van der Waals surface area (Å²) in [6, 6.07) is 15.7. The number of aromatic nitrogens is 2. The summed E-state index contributed by atoms with van der Waals surface area (Å²) in [5.74, 6) is -2.00. The highest BCUT2D eigenvalue weighted by molar-refractivity contribution is 6.01. The van der Waals surface area contributed by atoms with E-state index in [2.05, 4.69) is 22.5 Å². The molecule has 2 unspecified atom stereocenters. The number of aliphatic carboxylic acids is 1. The van der Waals surface area contributed by atoms with Crippen LogP contribution in [0.1, 0.15) is 40.9 Å². The molecule has 0 spiro atoms. The number of carboxylic acid groups (broad SMARTS) is 1. The molecular formula is C26H26N4O5. The molecule has 2 aromatic carbocycles. The standard InChI is InChI=1S/C26H26N4O5/c1-15-16(25(32)33)11-12-30(15)24(31)23-22(13-27-29(23)2)28-26(34)35-14-21-19-9-5-3-7-17(19)18-8-4-6-10-20(18)21/h3-10,13,15-16,21H,11-12,14H2,1-2H3,(H,28,34)(H,32,33). The highest BCUT2D eigenvalue weighted by Crippen LogP contribution is 2.44. The predicted molar refractivity (Wildman–Crippen MR) is 128 cm³/mol. The van der Waals surface area contributed by atoms with E-state index >= 15 is 0 Å². The van der Waals surface area contributed by atoms with Gasteiger partial charge in [0, 0.05) is 25.6 Å². The Kier molecular flexibility index (Phi) is 5.76. The molecule has 35 heavy (non-hydrogen) atoms. The molecule has 0 bridgehead atoms. The Hall–Kier alpha value is -4.14. The second-order valence-corrected chi connectivity index (χ2v) is 8.95. The van der Waals surface area contributed by atoms with Crippen LogP contribution in [0.2, 0.25) is 0 Å². The molecule has 1 fully saturated rings. The minimum atomic E-state index is -0.921. The lowest BCUT2D eigenvalue weighted by molar-refractivity contribution is -0.142. The summed E-state index contributed by atoms with van der Waals surface area (Å²) in [6.07, 6.45) is 1.09. The van der Waals surface area contributed by atoms with Crippen molar-refractivity contribution in [2.45, 2.75) is 25.3 Å². The van der Waals surface area contributed by atoms with Crippen molar-refractivity contribution >= 4 is 23.7 Å². The van der Waals surface area contributed by atoms with Gasteiger partial charge in [-0.25, -0.2) is 4.79 Å². The van der Waals surface area contributed by atoms with Crippen molar-refractivity contribution in [1.82, 2.24) is 14.7 Å². The monoisotopic (exact) mass is 474 g/mol. The summed E-state index contributed by atoms with van der Waals surface area (Å²) < 4.78 is 6.97. The van der Waals surface area contributed by atoms with Gasteiger partial charge in [0.05, 0.1) is 17.8 Å². The van der Waals surface area contributed by atoms with E-state index in [-0.39, 0.29) is 29.8 Å². The summed E-state index contributed by atoms with van der Waals surface area (Å²) in [5, 5.41) is 16.2. The Balaban J connectivity index is 1.29. The maximum Gasteiger partial charge on any atom is 0.411 e. The van der Waals surface area contributed by atoms with Crippen LogP contribution in [0.15, 0.2) is 54.7 Å².